The zero-order chi connectivity index (χ0) is 23.9. The van der Waals surface area contributed by atoms with Crippen LogP contribution in [0.15, 0.2) is 103 Å². The van der Waals surface area contributed by atoms with Gasteiger partial charge in [0.1, 0.15) is 0 Å². The molecule has 0 amide bonds. The van der Waals surface area contributed by atoms with Crippen LogP contribution in [0.2, 0.25) is 0 Å². The van der Waals surface area contributed by atoms with Crippen LogP contribution in [0.3, 0.4) is 0 Å². The summed E-state index contributed by atoms with van der Waals surface area (Å²) in [4.78, 5) is 2.40. The molecule has 2 aliphatic carbocycles. The molecule has 0 radical (unpaired) electrons. The highest BCUT2D eigenvalue weighted by Crippen LogP contribution is 2.60. The van der Waals surface area contributed by atoms with E-state index in [-0.39, 0.29) is 10.8 Å². The van der Waals surface area contributed by atoms with E-state index >= 15 is 0 Å². The first-order valence-corrected chi connectivity index (χ1v) is 12.6. The van der Waals surface area contributed by atoms with Gasteiger partial charge in [0.15, 0.2) is 0 Å². The van der Waals surface area contributed by atoms with Crippen molar-refractivity contribution in [1.29, 1.82) is 0 Å². The third kappa shape index (κ3) is 2.59. The van der Waals surface area contributed by atoms with Gasteiger partial charge in [-0.1, -0.05) is 100 Å². The molecule has 0 heterocycles. The van der Waals surface area contributed by atoms with Gasteiger partial charge in [-0.25, -0.2) is 0 Å². The maximum atomic E-state index is 2.40. The number of rotatable bonds is 3. The van der Waals surface area contributed by atoms with E-state index in [1.165, 1.54) is 61.2 Å². The molecule has 170 valence electrons. The first kappa shape index (κ1) is 20.5. The van der Waals surface area contributed by atoms with E-state index in [4.69, 9.17) is 0 Å². The van der Waals surface area contributed by atoms with Gasteiger partial charge in [-0.3, -0.25) is 0 Å². The molecule has 0 spiro atoms. The maximum Gasteiger partial charge on any atom is 0.0540 e. The third-order valence-electron chi connectivity index (χ3n) is 8.44. The van der Waals surface area contributed by atoms with E-state index < -0.39 is 0 Å². The highest BCUT2D eigenvalue weighted by molar-refractivity contribution is 6.13. The smallest absolute Gasteiger partial charge is 0.0540 e. The van der Waals surface area contributed by atoms with E-state index in [2.05, 4.69) is 136 Å². The molecule has 1 nitrogen and oxygen atoms in total. The fraction of sp³-hybridized carbons (Fsp3) is 0.176. The van der Waals surface area contributed by atoms with E-state index in [0.29, 0.717) is 0 Å². The zero-order valence-electron chi connectivity index (χ0n) is 20.8. The summed E-state index contributed by atoms with van der Waals surface area (Å²) >= 11 is 0. The second kappa shape index (κ2) is 6.86. The van der Waals surface area contributed by atoms with Gasteiger partial charge >= 0.3 is 0 Å². The van der Waals surface area contributed by atoms with Crippen LogP contribution in [0.5, 0.6) is 0 Å². The normalized spacial score (nSPS) is 15.9. The Morgan fingerprint density at radius 3 is 1.57 bits per heavy atom. The number of hydrogen-bond acceptors (Lipinski definition) is 1. The van der Waals surface area contributed by atoms with Crippen molar-refractivity contribution in [1.82, 2.24) is 0 Å². The van der Waals surface area contributed by atoms with Crippen molar-refractivity contribution in [2.24, 2.45) is 0 Å². The molecule has 1 heteroatoms. The molecular formula is C34H29N. The summed E-state index contributed by atoms with van der Waals surface area (Å²) < 4.78 is 0. The lowest BCUT2D eigenvalue weighted by molar-refractivity contribution is 0.639. The van der Waals surface area contributed by atoms with Crippen molar-refractivity contribution in [3.63, 3.8) is 0 Å². The Bertz CT molecular complexity index is 1590. The summed E-state index contributed by atoms with van der Waals surface area (Å²) in [5.74, 6) is 0. The molecule has 0 atom stereocenters. The van der Waals surface area contributed by atoms with Crippen LogP contribution in [0, 0.1) is 0 Å². The summed E-state index contributed by atoms with van der Waals surface area (Å²) in [7, 11) is 0. The molecule has 0 bridgehead atoms. The molecular weight excluding hydrogens is 422 g/mol. The summed E-state index contributed by atoms with van der Waals surface area (Å²) in [5.41, 5.74) is 12.2. The predicted octanol–water partition coefficient (Wildman–Crippen LogP) is 9.26. The van der Waals surface area contributed by atoms with Gasteiger partial charge in [-0.15, -0.1) is 0 Å². The second-order valence-electron chi connectivity index (χ2n) is 11.0. The largest absolute Gasteiger partial charge is 0.310 e. The second-order valence-corrected chi connectivity index (χ2v) is 11.0. The van der Waals surface area contributed by atoms with E-state index in [1.807, 2.05) is 0 Å². The van der Waals surface area contributed by atoms with E-state index in [0.717, 1.165) is 0 Å². The summed E-state index contributed by atoms with van der Waals surface area (Å²) in [5, 5.41) is 2.74. The van der Waals surface area contributed by atoms with Gasteiger partial charge in [0, 0.05) is 27.6 Å². The van der Waals surface area contributed by atoms with Crippen molar-refractivity contribution < 1.29 is 0 Å². The molecule has 5 aromatic carbocycles. The van der Waals surface area contributed by atoms with E-state index in [9.17, 15) is 0 Å². The van der Waals surface area contributed by atoms with Crippen LogP contribution < -0.4 is 4.90 Å². The van der Waals surface area contributed by atoms with Gasteiger partial charge in [0.2, 0.25) is 0 Å². The summed E-state index contributed by atoms with van der Waals surface area (Å²) in [6.45, 7) is 9.55. The highest BCUT2D eigenvalue weighted by atomic mass is 15.1. The van der Waals surface area contributed by atoms with Crippen molar-refractivity contribution in [2.45, 2.75) is 38.5 Å². The molecule has 0 aliphatic heterocycles. The third-order valence-corrected chi connectivity index (χ3v) is 8.44. The van der Waals surface area contributed by atoms with Gasteiger partial charge in [-0.2, -0.15) is 0 Å². The fourth-order valence-electron chi connectivity index (χ4n) is 6.66. The topological polar surface area (TPSA) is 3.24 Å². The number of para-hydroxylation sites is 2. The number of hydrogen-bond donors (Lipinski definition) is 0. The fourth-order valence-corrected chi connectivity index (χ4v) is 6.66. The molecule has 35 heavy (non-hydrogen) atoms. The number of benzene rings is 5. The first-order valence-electron chi connectivity index (χ1n) is 12.6. The van der Waals surface area contributed by atoms with Crippen molar-refractivity contribution in [3.05, 3.63) is 125 Å². The predicted molar refractivity (Wildman–Crippen MR) is 148 cm³/mol. The summed E-state index contributed by atoms with van der Waals surface area (Å²) in [6, 6.07) is 37.9. The van der Waals surface area contributed by atoms with Crippen LogP contribution in [0.4, 0.5) is 17.1 Å². The lowest BCUT2D eigenvalue weighted by Crippen LogP contribution is -2.24. The maximum absolute atomic E-state index is 2.40. The number of anilines is 3. The molecule has 0 N–H and O–H groups in total. The zero-order valence-corrected chi connectivity index (χ0v) is 20.8. The molecule has 0 unspecified atom stereocenters. The monoisotopic (exact) mass is 451 g/mol. The molecule has 0 aromatic heterocycles. The van der Waals surface area contributed by atoms with Crippen LogP contribution in [-0.4, -0.2) is 0 Å². The average molecular weight is 452 g/mol. The Morgan fingerprint density at radius 2 is 0.971 bits per heavy atom. The Kier molecular flexibility index (Phi) is 4.02. The molecule has 7 rings (SSSR count). The molecule has 0 saturated heterocycles. The summed E-state index contributed by atoms with van der Waals surface area (Å²) in [6.07, 6.45) is 0. The van der Waals surface area contributed by atoms with Gasteiger partial charge in [0.25, 0.3) is 0 Å². The van der Waals surface area contributed by atoms with E-state index in [1.54, 1.807) is 0 Å². The average Bonchev–Trinajstić information content (AvgIpc) is 3.12. The first-order chi connectivity index (χ1) is 16.9. The van der Waals surface area contributed by atoms with Crippen LogP contribution in [-0.2, 0) is 10.8 Å². The Hall–Kier alpha value is -3.84. The standard InChI is InChI=1S/C34H29N/c1-33(2)25-16-11-17-26-31(25)32-28(34(26,3)4)19-18-24-29(21-20-27(33)30(24)32)35(22-12-7-5-8-13-22)23-14-9-6-10-15-23/h5-21H,1-4H3. The number of nitrogens with zero attached hydrogens (tertiary/aromatic N) is 1. The van der Waals surface area contributed by atoms with Crippen molar-refractivity contribution in [3.8, 4) is 11.1 Å². The van der Waals surface area contributed by atoms with Crippen molar-refractivity contribution >= 4 is 27.8 Å². The minimum absolute atomic E-state index is 0.00110. The molecule has 5 aromatic rings. The highest BCUT2D eigenvalue weighted by Gasteiger charge is 2.44. The minimum atomic E-state index is -0.0571. The molecule has 0 saturated carbocycles. The minimum Gasteiger partial charge on any atom is -0.310 e. The van der Waals surface area contributed by atoms with Crippen molar-refractivity contribution in [2.75, 3.05) is 4.90 Å². The van der Waals surface area contributed by atoms with Crippen LogP contribution >= 0.6 is 0 Å². The SMILES string of the molecule is CC1(C)c2cccc3c2-c2c1ccc1c(N(c4ccccc4)c4ccccc4)ccc(c21)C3(C)C. The Labute approximate surface area is 207 Å². The lowest BCUT2D eigenvalue weighted by Gasteiger charge is -2.36. The Morgan fingerprint density at radius 1 is 0.457 bits per heavy atom. The quantitative estimate of drug-likeness (QED) is 0.264. The molecule has 2 aliphatic rings. The van der Waals surface area contributed by atoms with Gasteiger partial charge in [-0.05, 0) is 69.1 Å². The van der Waals surface area contributed by atoms with Crippen LogP contribution in [0.25, 0.3) is 21.9 Å². The Balaban J connectivity index is 1.62. The lowest BCUT2D eigenvalue weighted by atomic mass is 9.68. The van der Waals surface area contributed by atoms with Gasteiger partial charge < -0.3 is 4.90 Å². The molecule has 0 fully saturated rings. The van der Waals surface area contributed by atoms with Crippen LogP contribution in [0.1, 0.15) is 49.9 Å². The van der Waals surface area contributed by atoms with Gasteiger partial charge in [0.05, 0.1) is 5.69 Å².